The zero-order valence-corrected chi connectivity index (χ0v) is 11.5. The SMILES string of the molecule is Cc1nc(C)c(C(=O)Nc2cc(N)c(C)cc2C)o1. The summed E-state index contributed by atoms with van der Waals surface area (Å²) in [5, 5.41) is 2.80. The number of nitrogen functional groups attached to an aromatic ring is 1. The Bertz CT molecular complexity index is 644. The van der Waals surface area contributed by atoms with Crippen LogP contribution in [0.2, 0.25) is 0 Å². The van der Waals surface area contributed by atoms with Crippen molar-refractivity contribution in [3.8, 4) is 0 Å². The number of oxazole rings is 1. The number of carbonyl (C=O) groups is 1. The summed E-state index contributed by atoms with van der Waals surface area (Å²) in [5.41, 5.74) is 9.70. The van der Waals surface area contributed by atoms with Crippen molar-refractivity contribution in [1.29, 1.82) is 0 Å². The molecule has 0 aliphatic heterocycles. The predicted molar refractivity (Wildman–Crippen MR) is 74.3 cm³/mol. The quantitative estimate of drug-likeness (QED) is 0.812. The number of amides is 1. The standard InChI is InChI=1S/C14H17N3O2/c1-7-5-8(2)12(6-11(7)15)17-14(18)13-9(3)16-10(4)19-13/h5-6H,15H2,1-4H3,(H,17,18). The van der Waals surface area contributed by atoms with Gasteiger partial charge in [-0.15, -0.1) is 0 Å². The lowest BCUT2D eigenvalue weighted by atomic mass is 10.1. The van der Waals surface area contributed by atoms with E-state index in [0.29, 0.717) is 23.0 Å². The van der Waals surface area contributed by atoms with Gasteiger partial charge in [-0.2, -0.15) is 0 Å². The molecule has 0 aliphatic rings. The molecule has 2 rings (SSSR count). The molecular formula is C14H17N3O2. The highest BCUT2D eigenvalue weighted by Crippen LogP contribution is 2.23. The normalized spacial score (nSPS) is 10.5. The minimum absolute atomic E-state index is 0.232. The molecule has 1 heterocycles. The molecular weight excluding hydrogens is 242 g/mol. The molecule has 1 aromatic carbocycles. The molecule has 0 radical (unpaired) electrons. The fourth-order valence-electron chi connectivity index (χ4n) is 1.92. The van der Waals surface area contributed by atoms with E-state index in [4.69, 9.17) is 10.2 Å². The molecule has 5 heteroatoms. The fraction of sp³-hybridized carbons (Fsp3) is 0.286. The van der Waals surface area contributed by atoms with Crippen LogP contribution in [0.25, 0.3) is 0 Å². The van der Waals surface area contributed by atoms with Crippen LogP contribution in [0.3, 0.4) is 0 Å². The Balaban J connectivity index is 2.29. The van der Waals surface area contributed by atoms with Crippen LogP contribution in [-0.2, 0) is 0 Å². The monoisotopic (exact) mass is 259 g/mol. The molecule has 3 N–H and O–H groups in total. The van der Waals surface area contributed by atoms with Gasteiger partial charge in [0, 0.05) is 18.3 Å². The van der Waals surface area contributed by atoms with Crippen LogP contribution in [0.1, 0.15) is 33.3 Å². The highest BCUT2D eigenvalue weighted by Gasteiger charge is 2.17. The van der Waals surface area contributed by atoms with Crippen LogP contribution in [0.5, 0.6) is 0 Å². The Kier molecular flexibility index (Phi) is 3.29. The second-order valence-electron chi connectivity index (χ2n) is 4.63. The average molecular weight is 259 g/mol. The minimum atomic E-state index is -0.315. The Morgan fingerprint density at radius 2 is 1.89 bits per heavy atom. The van der Waals surface area contributed by atoms with Crippen molar-refractivity contribution in [1.82, 2.24) is 4.98 Å². The molecule has 0 spiro atoms. The van der Waals surface area contributed by atoms with Gasteiger partial charge < -0.3 is 15.5 Å². The summed E-state index contributed by atoms with van der Waals surface area (Å²) in [5.74, 6) is 0.392. The van der Waals surface area contributed by atoms with Gasteiger partial charge in [0.1, 0.15) is 0 Å². The predicted octanol–water partition coefficient (Wildman–Crippen LogP) is 2.74. The zero-order valence-electron chi connectivity index (χ0n) is 11.5. The van der Waals surface area contributed by atoms with Gasteiger partial charge in [0.15, 0.2) is 5.89 Å². The molecule has 1 amide bonds. The Hall–Kier alpha value is -2.30. The number of hydrogen-bond acceptors (Lipinski definition) is 4. The maximum atomic E-state index is 12.1. The van der Waals surface area contributed by atoms with Crippen LogP contribution in [0, 0.1) is 27.7 Å². The molecule has 2 aromatic rings. The van der Waals surface area contributed by atoms with E-state index in [1.807, 2.05) is 19.9 Å². The third kappa shape index (κ3) is 2.59. The van der Waals surface area contributed by atoms with Gasteiger partial charge in [0.25, 0.3) is 5.91 Å². The minimum Gasteiger partial charge on any atom is -0.436 e. The van der Waals surface area contributed by atoms with Crippen molar-refractivity contribution in [2.24, 2.45) is 0 Å². The van der Waals surface area contributed by atoms with E-state index in [9.17, 15) is 4.79 Å². The number of aromatic nitrogens is 1. The van der Waals surface area contributed by atoms with E-state index in [1.165, 1.54) is 0 Å². The summed E-state index contributed by atoms with van der Waals surface area (Å²) in [6.07, 6.45) is 0. The van der Waals surface area contributed by atoms with Gasteiger partial charge >= 0.3 is 0 Å². The Morgan fingerprint density at radius 1 is 1.21 bits per heavy atom. The smallest absolute Gasteiger partial charge is 0.293 e. The molecule has 0 aliphatic carbocycles. The van der Waals surface area contributed by atoms with Crippen molar-refractivity contribution >= 4 is 17.3 Å². The molecule has 1 aromatic heterocycles. The number of benzene rings is 1. The second-order valence-corrected chi connectivity index (χ2v) is 4.63. The lowest BCUT2D eigenvalue weighted by Crippen LogP contribution is -2.13. The van der Waals surface area contributed by atoms with Crippen molar-refractivity contribution in [2.75, 3.05) is 11.1 Å². The van der Waals surface area contributed by atoms with E-state index >= 15 is 0 Å². The fourth-order valence-corrected chi connectivity index (χ4v) is 1.92. The molecule has 0 saturated heterocycles. The van der Waals surface area contributed by atoms with Gasteiger partial charge in [0.05, 0.1) is 5.69 Å². The van der Waals surface area contributed by atoms with Crippen LogP contribution in [-0.4, -0.2) is 10.9 Å². The Labute approximate surface area is 111 Å². The van der Waals surface area contributed by atoms with E-state index < -0.39 is 0 Å². The summed E-state index contributed by atoms with van der Waals surface area (Å²) in [6.45, 7) is 7.29. The number of rotatable bonds is 2. The maximum absolute atomic E-state index is 12.1. The number of hydrogen-bond donors (Lipinski definition) is 2. The first kappa shape index (κ1) is 13.1. The molecule has 0 unspecified atom stereocenters. The first-order chi connectivity index (χ1) is 8.88. The van der Waals surface area contributed by atoms with Crippen LogP contribution >= 0.6 is 0 Å². The van der Waals surface area contributed by atoms with E-state index in [-0.39, 0.29) is 11.7 Å². The molecule has 5 nitrogen and oxygen atoms in total. The van der Waals surface area contributed by atoms with Crippen molar-refractivity contribution in [3.63, 3.8) is 0 Å². The third-order valence-corrected chi connectivity index (χ3v) is 2.97. The lowest BCUT2D eigenvalue weighted by molar-refractivity contribution is 0.0994. The number of nitrogens with zero attached hydrogens (tertiary/aromatic N) is 1. The number of nitrogens with two attached hydrogens (primary N) is 1. The molecule has 19 heavy (non-hydrogen) atoms. The zero-order chi connectivity index (χ0) is 14.2. The van der Waals surface area contributed by atoms with E-state index in [0.717, 1.165) is 11.1 Å². The molecule has 0 atom stereocenters. The largest absolute Gasteiger partial charge is 0.436 e. The van der Waals surface area contributed by atoms with Gasteiger partial charge in [0.2, 0.25) is 5.76 Å². The van der Waals surface area contributed by atoms with Crippen molar-refractivity contribution < 1.29 is 9.21 Å². The lowest BCUT2D eigenvalue weighted by Gasteiger charge is -2.10. The highest BCUT2D eigenvalue weighted by atomic mass is 16.4. The van der Waals surface area contributed by atoms with E-state index in [1.54, 1.807) is 19.9 Å². The second kappa shape index (κ2) is 4.76. The van der Waals surface area contributed by atoms with Crippen molar-refractivity contribution in [2.45, 2.75) is 27.7 Å². The van der Waals surface area contributed by atoms with Gasteiger partial charge in [-0.1, -0.05) is 6.07 Å². The molecule has 100 valence electrons. The molecule has 0 bridgehead atoms. The number of carbonyl (C=O) groups excluding carboxylic acids is 1. The summed E-state index contributed by atoms with van der Waals surface area (Å²) in [6, 6.07) is 3.69. The van der Waals surface area contributed by atoms with Crippen LogP contribution in [0.4, 0.5) is 11.4 Å². The number of anilines is 2. The number of aryl methyl sites for hydroxylation is 4. The number of nitrogens with one attached hydrogen (secondary N) is 1. The summed E-state index contributed by atoms with van der Waals surface area (Å²) >= 11 is 0. The molecule has 0 fully saturated rings. The van der Waals surface area contributed by atoms with E-state index in [2.05, 4.69) is 10.3 Å². The topological polar surface area (TPSA) is 81.2 Å². The van der Waals surface area contributed by atoms with Crippen molar-refractivity contribution in [3.05, 3.63) is 40.6 Å². The molecule has 0 saturated carbocycles. The highest BCUT2D eigenvalue weighted by molar-refractivity contribution is 6.03. The summed E-state index contributed by atoms with van der Waals surface area (Å²) < 4.78 is 5.29. The van der Waals surface area contributed by atoms with Crippen LogP contribution in [0.15, 0.2) is 16.5 Å². The summed E-state index contributed by atoms with van der Waals surface area (Å²) in [4.78, 5) is 16.2. The Morgan fingerprint density at radius 3 is 2.47 bits per heavy atom. The third-order valence-electron chi connectivity index (χ3n) is 2.97. The van der Waals surface area contributed by atoms with Gasteiger partial charge in [-0.05, 0) is 38.0 Å². The first-order valence-corrected chi connectivity index (χ1v) is 6.00. The average Bonchev–Trinajstić information content (AvgIpc) is 2.65. The van der Waals surface area contributed by atoms with Gasteiger partial charge in [-0.3, -0.25) is 4.79 Å². The maximum Gasteiger partial charge on any atom is 0.293 e. The van der Waals surface area contributed by atoms with Gasteiger partial charge in [-0.25, -0.2) is 4.98 Å². The van der Waals surface area contributed by atoms with Crippen LogP contribution < -0.4 is 11.1 Å². The summed E-state index contributed by atoms with van der Waals surface area (Å²) in [7, 11) is 0. The first-order valence-electron chi connectivity index (χ1n) is 6.00.